The highest BCUT2D eigenvalue weighted by atomic mass is 19.4. The Balaban J connectivity index is 2.49. The maximum Gasteiger partial charge on any atom is 0.418 e. The number of benzene rings is 1. The third kappa shape index (κ3) is 2.33. The second kappa shape index (κ2) is 4.28. The quantitative estimate of drug-likeness (QED) is 0.838. The molecular weight excluding hydrogens is 245 g/mol. The molecule has 98 valence electrons. The van der Waals surface area contributed by atoms with Gasteiger partial charge in [0, 0.05) is 19.0 Å². The Morgan fingerprint density at radius 3 is 2.56 bits per heavy atom. The lowest BCUT2D eigenvalue weighted by Crippen LogP contribution is -2.30. The summed E-state index contributed by atoms with van der Waals surface area (Å²) in [7, 11) is 0. The molecule has 1 saturated heterocycles. The van der Waals surface area contributed by atoms with E-state index < -0.39 is 17.8 Å². The van der Waals surface area contributed by atoms with Crippen LogP contribution in [0, 0.1) is 6.92 Å². The van der Waals surface area contributed by atoms with Gasteiger partial charge in [0.05, 0.1) is 11.3 Å². The zero-order valence-electron chi connectivity index (χ0n) is 9.79. The van der Waals surface area contributed by atoms with Gasteiger partial charge in [-0.25, -0.2) is 0 Å². The Bertz CT molecular complexity index is 485. The molecule has 2 rings (SSSR count). The van der Waals surface area contributed by atoms with Gasteiger partial charge in [0.1, 0.15) is 0 Å². The van der Waals surface area contributed by atoms with Crippen molar-refractivity contribution in [3.8, 4) is 0 Å². The van der Waals surface area contributed by atoms with Crippen molar-refractivity contribution < 1.29 is 18.0 Å². The van der Waals surface area contributed by atoms with Gasteiger partial charge in [0.2, 0.25) is 5.91 Å². The first-order valence-electron chi connectivity index (χ1n) is 5.53. The van der Waals surface area contributed by atoms with E-state index in [-0.39, 0.29) is 24.6 Å². The number of hydrogen-bond acceptors (Lipinski definition) is 2. The zero-order chi connectivity index (χ0) is 13.5. The molecule has 1 unspecified atom stereocenters. The third-order valence-corrected chi connectivity index (χ3v) is 2.90. The van der Waals surface area contributed by atoms with E-state index in [1.807, 2.05) is 0 Å². The van der Waals surface area contributed by atoms with Crippen LogP contribution in [-0.4, -0.2) is 18.5 Å². The number of nitrogens with zero attached hydrogens (tertiary/aromatic N) is 1. The Morgan fingerprint density at radius 1 is 1.39 bits per heavy atom. The summed E-state index contributed by atoms with van der Waals surface area (Å²) in [6, 6.07) is 3.35. The first kappa shape index (κ1) is 12.9. The van der Waals surface area contributed by atoms with Crippen molar-refractivity contribution in [1.82, 2.24) is 0 Å². The topological polar surface area (TPSA) is 46.3 Å². The molecule has 1 aromatic rings. The molecule has 6 heteroatoms. The van der Waals surface area contributed by atoms with E-state index in [0.29, 0.717) is 5.56 Å². The molecule has 3 nitrogen and oxygen atoms in total. The number of carbonyl (C=O) groups is 1. The van der Waals surface area contributed by atoms with Gasteiger partial charge in [0.25, 0.3) is 0 Å². The molecule has 0 saturated carbocycles. The number of rotatable bonds is 1. The highest BCUT2D eigenvalue weighted by molar-refractivity contribution is 5.97. The van der Waals surface area contributed by atoms with Gasteiger partial charge in [-0.2, -0.15) is 13.2 Å². The summed E-state index contributed by atoms with van der Waals surface area (Å²) in [5.74, 6) is -0.362. The summed E-state index contributed by atoms with van der Waals surface area (Å²) in [6.45, 7) is 1.81. The average molecular weight is 258 g/mol. The lowest BCUT2D eigenvalue weighted by Gasteiger charge is -2.22. The zero-order valence-corrected chi connectivity index (χ0v) is 9.79. The molecule has 1 fully saturated rings. The fourth-order valence-corrected chi connectivity index (χ4v) is 2.07. The lowest BCUT2D eigenvalue weighted by molar-refractivity contribution is -0.137. The van der Waals surface area contributed by atoms with Crippen LogP contribution in [0.1, 0.15) is 17.5 Å². The Morgan fingerprint density at radius 2 is 2.06 bits per heavy atom. The minimum atomic E-state index is -4.48. The molecule has 0 radical (unpaired) electrons. The average Bonchev–Trinajstić information content (AvgIpc) is 2.55. The van der Waals surface area contributed by atoms with E-state index in [1.54, 1.807) is 6.92 Å². The van der Waals surface area contributed by atoms with Crippen molar-refractivity contribution >= 4 is 11.6 Å². The van der Waals surface area contributed by atoms with Crippen molar-refractivity contribution in [3.63, 3.8) is 0 Å². The summed E-state index contributed by atoms with van der Waals surface area (Å²) in [5.41, 5.74) is 5.39. The monoisotopic (exact) mass is 258 g/mol. The number of nitrogens with two attached hydrogens (primary N) is 1. The fraction of sp³-hybridized carbons (Fsp3) is 0.417. The number of halogens is 3. The number of hydrogen-bond donors (Lipinski definition) is 1. The Labute approximate surface area is 102 Å². The van der Waals surface area contributed by atoms with Crippen molar-refractivity contribution in [1.29, 1.82) is 0 Å². The summed E-state index contributed by atoms with van der Waals surface area (Å²) in [4.78, 5) is 12.8. The smallest absolute Gasteiger partial charge is 0.326 e. The van der Waals surface area contributed by atoms with E-state index in [2.05, 4.69) is 0 Å². The van der Waals surface area contributed by atoms with Gasteiger partial charge >= 0.3 is 6.18 Å². The molecule has 1 aliphatic heterocycles. The first-order chi connectivity index (χ1) is 8.29. The van der Waals surface area contributed by atoms with Gasteiger partial charge in [-0.15, -0.1) is 0 Å². The number of carbonyl (C=O) groups excluding carboxylic acids is 1. The van der Waals surface area contributed by atoms with Crippen LogP contribution in [0.5, 0.6) is 0 Å². The largest absolute Gasteiger partial charge is 0.418 e. The predicted molar refractivity (Wildman–Crippen MR) is 61.1 cm³/mol. The molecule has 0 bridgehead atoms. The van der Waals surface area contributed by atoms with Crippen LogP contribution in [0.25, 0.3) is 0 Å². The second-order valence-corrected chi connectivity index (χ2v) is 4.49. The van der Waals surface area contributed by atoms with Crippen molar-refractivity contribution in [3.05, 3.63) is 29.3 Å². The molecule has 18 heavy (non-hydrogen) atoms. The Kier molecular flexibility index (Phi) is 3.06. The number of alkyl halides is 3. The molecule has 1 amide bonds. The van der Waals surface area contributed by atoms with Crippen LogP contribution in [0.15, 0.2) is 18.2 Å². The maximum atomic E-state index is 12.9. The number of amides is 1. The number of aryl methyl sites for hydroxylation is 1. The molecule has 1 aromatic carbocycles. The van der Waals surface area contributed by atoms with Crippen molar-refractivity contribution in [2.75, 3.05) is 11.4 Å². The van der Waals surface area contributed by atoms with Gasteiger partial charge < -0.3 is 10.6 Å². The molecule has 2 N–H and O–H groups in total. The van der Waals surface area contributed by atoms with Gasteiger partial charge in [-0.1, -0.05) is 6.07 Å². The molecule has 1 aliphatic rings. The molecule has 0 spiro atoms. The van der Waals surface area contributed by atoms with Crippen molar-refractivity contribution in [2.24, 2.45) is 5.73 Å². The van der Waals surface area contributed by atoms with Crippen LogP contribution in [0.2, 0.25) is 0 Å². The van der Waals surface area contributed by atoms with Gasteiger partial charge in [0.15, 0.2) is 0 Å². The summed E-state index contributed by atoms with van der Waals surface area (Å²) in [6.07, 6.45) is -4.39. The minimum Gasteiger partial charge on any atom is -0.326 e. The highest BCUT2D eigenvalue weighted by Gasteiger charge is 2.38. The van der Waals surface area contributed by atoms with E-state index in [1.165, 1.54) is 12.1 Å². The SMILES string of the molecule is Cc1ccc(C(F)(F)F)c(N2CC(N)CC2=O)c1. The van der Waals surface area contributed by atoms with Crippen LogP contribution in [0.4, 0.5) is 18.9 Å². The normalized spacial score (nSPS) is 20.6. The molecule has 0 aromatic heterocycles. The van der Waals surface area contributed by atoms with Gasteiger partial charge in [-0.05, 0) is 24.6 Å². The fourth-order valence-electron chi connectivity index (χ4n) is 2.07. The minimum absolute atomic E-state index is 0.0885. The van der Waals surface area contributed by atoms with Crippen LogP contribution >= 0.6 is 0 Å². The summed E-state index contributed by atoms with van der Waals surface area (Å²) in [5, 5.41) is 0. The van der Waals surface area contributed by atoms with Crippen molar-refractivity contribution in [2.45, 2.75) is 25.6 Å². The maximum absolute atomic E-state index is 12.9. The lowest BCUT2D eigenvalue weighted by atomic mass is 10.1. The summed E-state index contributed by atoms with van der Waals surface area (Å²) >= 11 is 0. The first-order valence-corrected chi connectivity index (χ1v) is 5.53. The molecule has 1 atom stereocenters. The van der Waals surface area contributed by atoms with Crippen LogP contribution in [-0.2, 0) is 11.0 Å². The van der Waals surface area contributed by atoms with Crippen LogP contribution in [0.3, 0.4) is 0 Å². The molecule has 0 aliphatic carbocycles. The molecular formula is C12H13F3N2O. The highest BCUT2D eigenvalue weighted by Crippen LogP contribution is 2.38. The standard InChI is InChI=1S/C12H13F3N2O/c1-7-2-3-9(12(13,14)15)10(4-7)17-6-8(16)5-11(17)18/h2-4,8H,5-6,16H2,1H3. The predicted octanol–water partition coefficient (Wildman–Crippen LogP) is 2.08. The second-order valence-electron chi connectivity index (χ2n) is 4.49. The number of anilines is 1. The molecule has 1 heterocycles. The Hall–Kier alpha value is -1.56. The van der Waals surface area contributed by atoms with E-state index >= 15 is 0 Å². The third-order valence-electron chi connectivity index (χ3n) is 2.90. The van der Waals surface area contributed by atoms with E-state index in [9.17, 15) is 18.0 Å². The van der Waals surface area contributed by atoms with E-state index in [4.69, 9.17) is 5.73 Å². The van der Waals surface area contributed by atoms with Crippen LogP contribution < -0.4 is 10.6 Å². The summed E-state index contributed by atoms with van der Waals surface area (Å²) < 4.78 is 38.7. The van der Waals surface area contributed by atoms with E-state index in [0.717, 1.165) is 11.0 Å². The van der Waals surface area contributed by atoms with Gasteiger partial charge in [-0.3, -0.25) is 4.79 Å².